The Balaban J connectivity index is 1.33. The number of benzene rings is 1. The molecule has 5 rings (SSSR count). The maximum Gasteiger partial charge on any atom is 0.255 e. The van der Waals surface area contributed by atoms with E-state index < -0.39 is 0 Å². The van der Waals surface area contributed by atoms with Gasteiger partial charge in [0.1, 0.15) is 11.6 Å². The molecule has 3 aromatic rings. The van der Waals surface area contributed by atoms with Crippen LogP contribution in [0.5, 0.6) is 5.75 Å². The van der Waals surface area contributed by atoms with Crippen LogP contribution in [0.2, 0.25) is 0 Å². The fourth-order valence-corrected chi connectivity index (χ4v) is 3.90. The number of hydrogen-bond acceptors (Lipinski definition) is 5. The summed E-state index contributed by atoms with van der Waals surface area (Å²) in [7, 11) is 1.66. The third kappa shape index (κ3) is 3.80. The molecule has 0 saturated heterocycles. The number of ether oxygens (including phenoxy) is 1. The molecule has 1 aliphatic carbocycles. The molecule has 6 heteroatoms. The lowest BCUT2D eigenvalue weighted by Crippen LogP contribution is -2.36. The van der Waals surface area contributed by atoms with E-state index in [0.717, 1.165) is 65.6 Å². The van der Waals surface area contributed by atoms with Crippen LogP contribution in [0.15, 0.2) is 47.3 Å². The Kier molecular flexibility index (Phi) is 4.64. The molecule has 2 aliphatic rings. The maximum atomic E-state index is 12.6. The van der Waals surface area contributed by atoms with Crippen LogP contribution in [0.4, 0.5) is 0 Å². The first-order chi connectivity index (χ1) is 14.2. The van der Waals surface area contributed by atoms with Gasteiger partial charge in [-0.1, -0.05) is 6.07 Å². The van der Waals surface area contributed by atoms with Gasteiger partial charge in [-0.15, -0.1) is 0 Å². The van der Waals surface area contributed by atoms with E-state index in [1.165, 1.54) is 0 Å². The Bertz CT molecular complexity index is 1090. The third-order valence-electron chi connectivity index (χ3n) is 5.71. The highest BCUT2D eigenvalue weighted by Crippen LogP contribution is 2.37. The second-order valence-electron chi connectivity index (χ2n) is 7.85. The summed E-state index contributed by atoms with van der Waals surface area (Å²) >= 11 is 0. The third-order valence-corrected chi connectivity index (χ3v) is 5.71. The van der Waals surface area contributed by atoms with Gasteiger partial charge >= 0.3 is 0 Å². The van der Waals surface area contributed by atoms with Gasteiger partial charge in [-0.25, -0.2) is 4.98 Å². The highest BCUT2D eigenvalue weighted by molar-refractivity contribution is 5.60. The molecule has 29 heavy (non-hydrogen) atoms. The van der Waals surface area contributed by atoms with Crippen molar-refractivity contribution in [3.05, 3.63) is 75.6 Å². The highest BCUT2D eigenvalue weighted by Gasteiger charge is 2.29. The molecule has 148 valence electrons. The molecule has 1 N–H and O–H groups in total. The van der Waals surface area contributed by atoms with Crippen molar-refractivity contribution in [3.63, 3.8) is 0 Å². The van der Waals surface area contributed by atoms with E-state index in [9.17, 15) is 4.79 Å². The summed E-state index contributed by atoms with van der Waals surface area (Å²) in [5, 5.41) is 0. The van der Waals surface area contributed by atoms with Crippen molar-refractivity contribution >= 4 is 0 Å². The molecule has 0 bridgehead atoms. The van der Waals surface area contributed by atoms with Crippen molar-refractivity contribution in [3.8, 4) is 17.0 Å². The number of pyridine rings is 1. The summed E-state index contributed by atoms with van der Waals surface area (Å²) in [6, 6.07) is 14.0. The van der Waals surface area contributed by atoms with Crippen molar-refractivity contribution < 1.29 is 4.74 Å². The number of aromatic nitrogens is 3. The summed E-state index contributed by atoms with van der Waals surface area (Å²) in [5.41, 5.74) is 4.82. The fraction of sp³-hybridized carbons (Fsp3) is 0.348. The SMILES string of the molecule is COc1ccc(-c2cccc(CN3CCc4nc(C5CC5)[nH]c(=O)c4C3)n2)cc1. The van der Waals surface area contributed by atoms with Gasteiger partial charge in [-0.3, -0.25) is 14.7 Å². The number of hydrogen-bond donors (Lipinski definition) is 1. The molecule has 0 amide bonds. The molecule has 1 saturated carbocycles. The van der Waals surface area contributed by atoms with Crippen LogP contribution >= 0.6 is 0 Å². The summed E-state index contributed by atoms with van der Waals surface area (Å²) in [6.45, 7) is 2.23. The first-order valence-corrected chi connectivity index (χ1v) is 10.1. The van der Waals surface area contributed by atoms with Crippen LogP contribution in [-0.2, 0) is 19.5 Å². The van der Waals surface area contributed by atoms with E-state index in [1.807, 2.05) is 42.5 Å². The zero-order chi connectivity index (χ0) is 19.8. The van der Waals surface area contributed by atoms with Gasteiger partial charge < -0.3 is 9.72 Å². The lowest BCUT2D eigenvalue weighted by Gasteiger charge is -2.27. The van der Waals surface area contributed by atoms with Crippen LogP contribution in [0, 0.1) is 0 Å². The first-order valence-electron chi connectivity index (χ1n) is 10.1. The Morgan fingerprint density at radius 1 is 1.14 bits per heavy atom. The maximum absolute atomic E-state index is 12.6. The van der Waals surface area contributed by atoms with Crippen LogP contribution in [0.1, 0.15) is 41.5 Å². The van der Waals surface area contributed by atoms with Crippen molar-refractivity contribution in [1.29, 1.82) is 0 Å². The quantitative estimate of drug-likeness (QED) is 0.726. The molecular weight excluding hydrogens is 364 g/mol. The first kappa shape index (κ1) is 18.1. The van der Waals surface area contributed by atoms with Crippen LogP contribution in [0.25, 0.3) is 11.3 Å². The van der Waals surface area contributed by atoms with Gasteiger partial charge in [0.25, 0.3) is 5.56 Å². The molecule has 1 aliphatic heterocycles. The van der Waals surface area contributed by atoms with E-state index in [2.05, 4.69) is 9.88 Å². The van der Waals surface area contributed by atoms with Crippen molar-refractivity contribution in [2.24, 2.45) is 0 Å². The van der Waals surface area contributed by atoms with Crippen molar-refractivity contribution in [2.75, 3.05) is 13.7 Å². The zero-order valence-electron chi connectivity index (χ0n) is 16.5. The molecule has 0 unspecified atom stereocenters. The second kappa shape index (κ2) is 7.44. The molecular formula is C23H24N4O2. The molecule has 2 aromatic heterocycles. The minimum absolute atomic E-state index is 0.0292. The second-order valence-corrected chi connectivity index (χ2v) is 7.85. The summed E-state index contributed by atoms with van der Waals surface area (Å²) in [5.74, 6) is 2.19. The van der Waals surface area contributed by atoms with Gasteiger partial charge in [0.15, 0.2) is 0 Å². The van der Waals surface area contributed by atoms with E-state index in [1.54, 1.807) is 7.11 Å². The molecule has 1 aromatic carbocycles. The normalized spacial score (nSPS) is 16.4. The predicted molar refractivity (Wildman–Crippen MR) is 111 cm³/mol. The van der Waals surface area contributed by atoms with E-state index >= 15 is 0 Å². The van der Waals surface area contributed by atoms with Crippen molar-refractivity contribution in [2.45, 2.75) is 38.3 Å². The Morgan fingerprint density at radius 3 is 2.72 bits per heavy atom. The molecule has 0 spiro atoms. The van der Waals surface area contributed by atoms with Gasteiger partial charge in [-0.2, -0.15) is 0 Å². The highest BCUT2D eigenvalue weighted by atomic mass is 16.5. The van der Waals surface area contributed by atoms with Gasteiger partial charge in [0.05, 0.1) is 29.8 Å². The molecule has 3 heterocycles. The monoisotopic (exact) mass is 388 g/mol. The van der Waals surface area contributed by atoms with Gasteiger partial charge in [-0.05, 0) is 49.2 Å². The number of nitrogens with zero attached hydrogens (tertiary/aromatic N) is 3. The van der Waals surface area contributed by atoms with Gasteiger partial charge in [0, 0.05) is 37.5 Å². The minimum atomic E-state index is 0.0292. The predicted octanol–water partition coefficient (Wildman–Crippen LogP) is 3.28. The number of aromatic amines is 1. The standard InChI is InChI=1S/C23H24N4O2/c1-29-18-9-7-15(8-10-18)20-4-2-3-17(24-20)13-27-12-11-21-19(14-27)23(28)26-22(25-21)16-5-6-16/h2-4,7-10,16H,5-6,11-14H2,1H3,(H,25,26,28). The summed E-state index contributed by atoms with van der Waals surface area (Å²) < 4.78 is 5.23. The lowest BCUT2D eigenvalue weighted by atomic mass is 10.1. The number of nitrogens with one attached hydrogen (secondary N) is 1. The zero-order valence-corrected chi connectivity index (χ0v) is 16.5. The summed E-state index contributed by atoms with van der Waals surface area (Å²) in [4.78, 5) is 27.4. The minimum Gasteiger partial charge on any atom is -0.497 e. The Morgan fingerprint density at radius 2 is 1.97 bits per heavy atom. The Hall–Kier alpha value is -2.99. The molecule has 6 nitrogen and oxygen atoms in total. The number of rotatable bonds is 5. The summed E-state index contributed by atoms with van der Waals surface area (Å²) in [6.07, 6.45) is 3.10. The largest absolute Gasteiger partial charge is 0.497 e. The topological polar surface area (TPSA) is 71.1 Å². The van der Waals surface area contributed by atoms with Crippen LogP contribution < -0.4 is 10.3 Å². The van der Waals surface area contributed by atoms with Crippen LogP contribution in [0.3, 0.4) is 0 Å². The lowest BCUT2D eigenvalue weighted by molar-refractivity contribution is 0.238. The number of methoxy groups -OCH3 is 1. The number of H-pyrrole nitrogens is 1. The average molecular weight is 388 g/mol. The number of fused-ring (bicyclic) bond motifs is 1. The molecule has 0 atom stereocenters. The van der Waals surface area contributed by atoms with Crippen molar-refractivity contribution in [1.82, 2.24) is 19.9 Å². The smallest absolute Gasteiger partial charge is 0.255 e. The van der Waals surface area contributed by atoms with Gasteiger partial charge in [0.2, 0.25) is 0 Å². The Labute approximate surface area is 169 Å². The van der Waals surface area contributed by atoms with E-state index in [0.29, 0.717) is 19.0 Å². The molecule has 0 radical (unpaired) electrons. The molecule has 1 fully saturated rings. The van der Waals surface area contributed by atoms with Crippen LogP contribution in [-0.4, -0.2) is 33.5 Å². The van der Waals surface area contributed by atoms with E-state index in [-0.39, 0.29) is 5.56 Å². The average Bonchev–Trinajstić information content (AvgIpc) is 3.60. The fourth-order valence-electron chi connectivity index (χ4n) is 3.90. The van der Waals surface area contributed by atoms with E-state index in [4.69, 9.17) is 14.7 Å².